The van der Waals surface area contributed by atoms with Gasteiger partial charge in [0.2, 0.25) is 0 Å². The van der Waals surface area contributed by atoms with Gasteiger partial charge in [-0.05, 0) is 84.2 Å². The van der Waals surface area contributed by atoms with E-state index in [0.29, 0.717) is 11.5 Å². The van der Waals surface area contributed by atoms with Gasteiger partial charge < -0.3 is 0 Å². The highest BCUT2D eigenvalue weighted by molar-refractivity contribution is 5.71. The van der Waals surface area contributed by atoms with Crippen LogP contribution in [0, 0.1) is 17.7 Å². The van der Waals surface area contributed by atoms with Crippen LogP contribution in [0.1, 0.15) is 76.3 Å². The first-order chi connectivity index (χ1) is 17.2. The first-order valence-electron chi connectivity index (χ1n) is 13.8. The molecule has 2 atom stereocenters. The smallest absolute Gasteiger partial charge is 0.131 e. The minimum absolute atomic E-state index is 0.159. The highest BCUT2D eigenvalue weighted by atomic mass is 19.1. The number of halogens is 1. The van der Waals surface area contributed by atoms with Crippen molar-refractivity contribution in [3.8, 4) is 22.3 Å². The minimum Gasteiger partial charge on any atom is -0.206 e. The van der Waals surface area contributed by atoms with E-state index in [-0.39, 0.29) is 5.82 Å². The fourth-order valence-electron chi connectivity index (χ4n) is 5.36. The Bertz CT molecular complexity index is 1070. The Hall–Kier alpha value is -2.67. The Balaban J connectivity index is 1.32. The molecule has 0 bridgehead atoms. The minimum atomic E-state index is -0.159. The normalized spacial score (nSPS) is 17.6. The first-order valence-corrected chi connectivity index (χ1v) is 13.8. The molecule has 1 heteroatoms. The van der Waals surface area contributed by atoms with E-state index in [4.69, 9.17) is 0 Å². The summed E-state index contributed by atoms with van der Waals surface area (Å²) in [5, 5.41) is 0. The lowest BCUT2D eigenvalue weighted by molar-refractivity contribution is 0.410. The van der Waals surface area contributed by atoms with E-state index in [1.165, 1.54) is 56.1 Å². The Kier molecular flexibility index (Phi) is 9.35. The molecule has 3 aromatic carbocycles. The van der Waals surface area contributed by atoms with Crippen LogP contribution in [0.3, 0.4) is 0 Å². The van der Waals surface area contributed by atoms with Gasteiger partial charge in [0.05, 0.1) is 0 Å². The quantitative estimate of drug-likeness (QED) is 0.194. The molecule has 0 fully saturated rings. The third-order valence-electron chi connectivity index (χ3n) is 7.61. The van der Waals surface area contributed by atoms with Gasteiger partial charge in [0, 0.05) is 5.56 Å². The van der Waals surface area contributed by atoms with Crippen LogP contribution in [0.15, 0.2) is 78.9 Å². The van der Waals surface area contributed by atoms with Crippen molar-refractivity contribution in [2.75, 3.05) is 0 Å². The van der Waals surface area contributed by atoms with Crippen molar-refractivity contribution in [2.24, 2.45) is 11.8 Å². The summed E-state index contributed by atoms with van der Waals surface area (Å²) in [6.45, 7) is 4.46. The molecule has 0 nitrogen and oxygen atoms in total. The monoisotopic (exact) mass is 468 g/mol. The molecule has 0 radical (unpaired) electrons. The van der Waals surface area contributed by atoms with Crippen LogP contribution < -0.4 is 0 Å². The lowest BCUT2D eigenvalue weighted by atomic mass is 9.83. The molecule has 1 aliphatic rings. The van der Waals surface area contributed by atoms with Crippen LogP contribution in [-0.2, 0) is 12.8 Å². The van der Waals surface area contributed by atoms with E-state index in [1.807, 2.05) is 12.1 Å². The van der Waals surface area contributed by atoms with Crippen molar-refractivity contribution in [1.82, 2.24) is 0 Å². The van der Waals surface area contributed by atoms with E-state index in [2.05, 4.69) is 74.5 Å². The molecule has 0 saturated heterocycles. The lowest BCUT2D eigenvalue weighted by Crippen LogP contribution is -2.09. The van der Waals surface area contributed by atoms with Crippen molar-refractivity contribution in [1.29, 1.82) is 0 Å². The van der Waals surface area contributed by atoms with Crippen molar-refractivity contribution in [3.05, 3.63) is 95.8 Å². The number of allylic oxidation sites excluding steroid dienone is 2. The summed E-state index contributed by atoms with van der Waals surface area (Å²) in [5.41, 5.74) is 6.29. The van der Waals surface area contributed by atoms with Crippen LogP contribution in [0.5, 0.6) is 0 Å². The van der Waals surface area contributed by atoms with Gasteiger partial charge in [-0.15, -0.1) is 0 Å². The molecule has 3 aromatic rings. The first kappa shape index (κ1) is 25.4. The summed E-state index contributed by atoms with van der Waals surface area (Å²) in [6, 6.07) is 22.6. The molecular formula is C34H41F. The summed E-state index contributed by atoms with van der Waals surface area (Å²) in [4.78, 5) is 0. The summed E-state index contributed by atoms with van der Waals surface area (Å²) < 4.78 is 15.0. The Morgan fingerprint density at radius 1 is 0.629 bits per heavy atom. The Labute approximate surface area is 212 Å². The fraction of sp³-hybridized carbons (Fsp3) is 0.412. The third-order valence-corrected chi connectivity index (χ3v) is 7.61. The zero-order valence-electron chi connectivity index (χ0n) is 21.6. The number of aryl methyl sites for hydroxylation is 2. The molecule has 0 aromatic heterocycles. The predicted octanol–water partition coefficient (Wildman–Crippen LogP) is 10.2. The van der Waals surface area contributed by atoms with Gasteiger partial charge >= 0.3 is 0 Å². The second-order valence-electron chi connectivity index (χ2n) is 10.4. The summed E-state index contributed by atoms with van der Waals surface area (Å²) >= 11 is 0. The number of benzene rings is 3. The second kappa shape index (κ2) is 12.9. The van der Waals surface area contributed by atoms with Gasteiger partial charge in [0.25, 0.3) is 0 Å². The number of hydrogen-bond donors (Lipinski definition) is 0. The number of unbranched alkanes of at least 4 members (excludes halogenated alkanes) is 2. The highest BCUT2D eigenvalue weighted by Gasteiger charge is 2.15. The van der Waals surface area contributed by atoms with E-state index < -0.39 is 0 Å². The summed E-state index contributed by atoms with van der Waals surface area (Å²) in [6.07, 6.45) is 17.6. The van der Waals surface area contributed by atoms with Crippen LogP contribution in [0.2, 0.25) is 0 Å². The maximum absolute atomic E-state index is 15.0. The standard InChI is InChI=1S/C34H41F/c1-3-5-6-8-27-9-11-28(12-10-27)13-14-29-17-21-31(22-18-29)33-24-23-32(25-34(33)35)30-19-15-26(7-4-2)16-20-30/h9,11,15-25,27-28H,3-8,10,12-14H2,1-2H3. The molecule has 4 rings (SSSR count). The van der Waals surface area contributed by atoms with Gasteiger partial charge in [-0.1, -0.05) is 112 Å². The topological polar surface area (TPSA) is 0 Å². The number of hydrogen-bond acceptors (Lipinski definition) is 0. The van der Waals surface area contributed by atoms with E-state index >= 15 is 4.39 Å². The third kappa shape index (κ3) is 7.17. The average molecular weight is 469 g/mol. The van der Waals surface area contributed by atoms with Crippen molar-refractivity contribution < 1.29 is 4.39 Å². The molecule has 0 heterocycles. The molecule has 0 saturated carbocycles. The van der Waals surface area contributed by atoms with Gasteiger partial charge in [0.1, 0.15) is 5.82 Å². The van der Waals surface area contributed by atoms with E-state index in [1.54, 1.807) is 6.07 Å². The van der Waals surface area contributed by atoms with Crippen LogP contribution in [0.25, 0.3) is 22.3 Å². The van der Waals surface area contributed by atoms with Gasteiger partial charge in [-0.25, -0.2) is 4.39 Å². The Morgan fingerprint density at radius 3 is 1.83 bits per heavy atom. The highest BCUT2D eigenvalue weighted by Crippen LogP contribution is 2.31. The van der Waals surface area contributed by atoms with Crippen LogP contribution in [-0.4, -0.2) is 0 Å². The number of rotatable bonds is 11. The molecule has 0 N–H and O–H groups in total. The zero-order valence-corrected chi connectivity index (χ0v) is 21.6. The maximum atomic E-state index is 15.0. The van der Waals surface area contributed by atoms with Crippen molar-refractivity contribution in [2.45, 2.75) is 78.1 Å². The zero-order chi connectivity index (χ0) is 24.5. The lowest BCUT2D eigenvalue weighted by Gasteiger charge is -2.23. The van der Waals surface area contributed by atoms with Crippen molar-refractivity contribution in [3.63, 3.8) is 0 Å². The summed E-state index contributed by atoms with van der Waals surface area (Å²) in [5.74, 6) is 1.35. The molecule has 0 spiro atoms. The molecule has 0 amide bonds. The molecule has 35 heavy (non-hydrogen) atoms. The summed E-state index contributed by atoms with van der Waals surface area (Å²) in [7, 11) is 0. The molecular weight excluding hydrogens is 427 g/mol. The largest absolute Gasteiger partial charge is 0.206 e. The molecule has 184 valence electrons. The van der Waals surface area contributed by atoms with Gasteiger partial charge in [-0.2, -0.15) is 0 Å². The molecule has 0 aliphatic heterocycles. The van der Waals surface area contributed by atoms with E-state index in [9.17, 15) is 0 Å². The fourth-order valence-corrected chi connectivity index (χ4v) is 5.36. The molecule has 2 unspecified atom stereocenters. The van der Waals surface area contributed by atoms with Crippen LogP contribution in [0.4, 0.5) is 4.39 Å². The molecule has 1 aliphatic carbocycles. The van der Waals surface area contributed by atoms with Gasteiger partial charge in [-0.3, -0.25) is 0 Å². The second-order valence-corrected chi connectivity index (χ2v) is 10.4. The maximum Gasteiger partial charge on any atom is 0.131 e. The van der Waals surface area contributed by atoms with E-state index in [0.717, 1.165) is 41.9 Å². The van der Waals surface area contributed by atoms with Crippen molar-refractivity contribution >= 4 is 0 Å². The van der Waals surface area contributed by atoms with Gasteiger partial charge in [0.15, 0.2) is 0 Å². The van der Waals surface area contributed by atoms with Crippen LogP contribution >= 0.6 is 0 Å². The Morgan fingerprint density at radius 2 is 1.23 bits per heavy atom. The predicted molar refractivity (Wildman–Crippen MR) is 149 cm³/mol. The SMILES string of the molecule is CCCCCC1C=CC(CCc2ccc(-c3ccc(-c4ccc(CCC)cc4)cc3F)cc2)CC1. The average Bonchev–Trinajstić information content (AvgIpc) is 2.89.